The standard InChI is InChI=1S/C21H47N7O/c1-5-26(6-2)13-10-24-21-18-27(12-9-23-3)17-20(29-21)19-16-25(4)14-15-28(19)11-7-8-22/h19-21,23-24H,5-18,22H2,1-4H3. The van der Waals surface area contributed by atoms with Gasteiger partial charge in [0, 0.05) is 64.9 Å². The summed E-state index contributed by atoms with van der Waals surface area (Å²) in [6, 6.07) is 0.435. The van der Waals surface area contributed by atoms with Gasteiger partial charge in [-0.3, -0.25) is 15.1 Å². The van der Waals surface area contributed by atoms with Gasteiger partial charge >= 0.3 is 0 Å². The van der Waals surface area contributed by atoms with Gasteiger partial charge in [-0.05, 0) is 46.7 Å². The zero-order valence-electron chi connectivity index (χ0n) is 19.4. The van der Waals surface area contributed by atoms with Gasteiger partial charge in [0.1, 0.15) is 6.23 Å². The molecule has 0 bridgehead atoms. The largest absolute Gasteiger partial charge is 0.356 e. The van der Waals surface area contributed by atoms with Gasteiger partial charge in [-0.2, -0.15) is 0 Å². The van der Waals surface area contributed by atoms with Crippen LogP contribution in [0.25, 0.3) is 0 Å². The molecule has 8 nitrogen and oxygen atoms in total. The first-order valence-electron chi connectivity index (χ1n) is 11.7. The van der Waals surface area contributed by atoms with Crippen LogP contribution in [0, 0.1) is 0 Å². The molecule has 0 aromatic rings. The second-order valence-electron chi connectivity index (χ2n) is 8.52. The Morgan fingerprint density at radius 1 is 1.07 bits per heavy atom. The number of likely N-dealkylation sites (N-methyl/N-ethyl adjacent to an activating group) is 3. The predicted octanol–water partition coefficient (Wildman–Crippen LogP) is -0.871. The lowest BCUT2D eigenvalue weighted by atomic mass is 10.0. The molecule has 2 aliphatic rings. The Balaban J connectivity index is 1.99. The molecule has 172 valence electrons. The van der Waals surface area contributed by atoms with Crippen molar-refractivity contribution in [1.29, 1.82) is 0 Å². The van der Waals surface area contributed by atoms with Crippen molar-refractivity contribution in [3.05, 3.63) is 0 Å². The Kier molecular flexibility index (Phi) is 11.9. The van der Waals surface area contributed by atoms with E-state index in [1.165, 1.54) is 0 Å². The minimum Gasteiger partial charge on any atom is -0.356 e. The maximum Gasteiger partial charge on any atom is 0.121 e. The Labute approximate surface area is 179 Å². The van der Waals surface area contributed by atoms with Crippen molar-refractivity contribution in [2.24, 2.45) is 5.73 Å². The monoisotopic (exact) mass is 413 g/mol. The maximum atomic E-state index is 6.65. The van der Waals surface area contributed by atoms with E-state index in [1.807, 2.05) is 7.05 Å². The molecule has 4 N–H and O–H groups in total. The highest BCUT2D eigenvalue weighted by Crippen LogP contribution is 2.20. The highest BCUT2D eigenvalue weighted by Gasteiger charge is 2.37. The average molecular weight is 414 g/mol. The first kappa shape index (κ1) is 24.9. The van der Waals surface area contributed by atoms with E-state index in [-0.39, 0.29) is 12.3 Å². The molecule has 0 aromatic carbocycles. The number of nitrogens with zero attached hydrogens (tertiary/aromatic N) is 4. The second kappa shape index (κ2) is 13.9. The lowest BCUT2D eigenvalue weighted by molar-refractivity contribution is -0.137. The van der Waals surface area contributed by atoms with Gasteiger partial charge in [0.05, 0.1) is 6.10 Å². The van der Waals surface area contributed by atoms with Crippen molar-refractivity contribution in [3.8, 4) is 0 Å². The number of piperazine rings is 1. The van der Waals surface area contributed by atoms with Gasteiger partial charge < -0.3 is 25.6 Å². The van der Waals surface area contributed by atoms with Crippen molar-refractivity contribution in [3.63, 3.8) is 0 Å². The minimum atomic E-state index is 0.102. The normalized spacial score (nSPS) is 27.7. The van der Waals surface area contributed by atoms with Gasteiger partial charge in [-0.25, -0.2) is 0 Å². The van der Waals surface area contributed by atoms with Crippen LogP contribution in [0.1, 0.15) is 20.3 Å². The van der Waals surface area contributed by atoms with Crippen molar-refractivity contribution in [1.82, 2.24) is 30.2 Å². The third-order valence-corrected chi connectivity index (χ3v) is 6.39. The molecule has 2 aliphatic heterocycles. The fourth-order valence-electron chi connectivity index (χ4n) is 4.48. The first-order valence-corrected chi connectivity index (χ1v) is 11.7. The molecule has 2 fully saturated rings. The quantitative estimate of drug-likeness (QED) is 0.360. The lowest BCUT2D eigenvalue weighted by Gasteiger charge is -2.48. The van der Waals surface area contributed by atoms with E-state index < -0.39 is 0 Å². The van der Waals surface area contributed by atoms with E-state index in [9.17, 15) is 0 Å². The molecule has 0 amide bonds. The topological polar surface area (TPSA) is 72.3 Å². The molecule has 3 atom stereocenters. The summed E-state index contributed by atoms with van der Waals surface area (Å²) in [6.45, 7) is 17.9. The molecule has 0 spiro atoms. The summed E-state index contributed by atoms with van der Waals surface area (Å²) < 4.78 is 6.65. The fourth-order valence-corrected chi connectivity index (χ4v) is 4.48. The second-order valence-corrected chi connectivity index (χ2v) is 8.52. The van der Waals surface area contributed by atoms with E-state index in [2.05, 4.69) is 51.1 Å². The van der Waals surface area contributed by atoms with Crippen molar-refractivity contribution >= 4 is 0 Å². The van der Waals surface area contributed by atoms with Crippen molar-refractivity contribution < 1.29 is 4.74 Å². The molecular formula is C21H47N7O. The van der Waals surface area contributed by atoms with Crippen LogP contribution in [0.5, 0.6) is 0 Å². The summed E-state index contributed by atoms with van der Waals surface area (Å²) >= 11 is 0. The molecule has 3 unspecified atom stereocenters. The third kappa shape index (κ3) is 8.38. The summed E-state index contributed by atoms with van der Waals surface area (Å²) in [6.07, 6.45) is 1.39. The van der Waals surface area contributed by atoms with Crippen molar-refractivity contribution in [2.45, 2.75) is 38.6 Å². The number of nitrogens with one attached hydrogen (secondary N) is 2. The highest BCUT2D eigenvalue weighted by molar-refractivity contribution is 4.92. The lowest BCUT2D eigenvalue weighted by Crippen LogP contribution is -2.64. The van der Waals surface area contributed by atoms with Crippen LogP contribution in [-0.4, -0.2) is 137 Å². The fraction of sp³-hybridized carbons (Fsp3) is 1.00. The van der Waals surface area contributed by atoms with Gasteiger partial charge in [0.15, 0.2) is 0 Å². The summed E-state index contributed by atoms with van der Waals surface area (Å²) in [5.74, 6) is 0. The van der Waals surface area contributed by atoms with Gasteiger partial charge in [-0.15, -0.1) is 0 Å². The third-order valence-electron chi connectivity index (χ3n) is 6.39. The minimum absolute atomic E-state index is 0.102. The van der Waals surface area contributed by atoms with Crippen LogP contribution in [0.2, 0.25) is 0 Å². The van der Waals surface area contributed by atoms with E-state index in [0.717, 1.165) is 91.5 Å². The Bertz CT molecular complexity index is 422. The van der Waals surface area contributed by atoms with Crippen LogP contribution in [0.4, 0.5) is 0 Å². The van der Waals surface area contributed by atoms with Crippen LogP contribution < -0.4 is 16.4 Å². The molecule has 0 aromatic heterocycles. The molecule has 0 aliphatic carbocycles. The molecule has 29 heavy (non-hydrogen) atoms. The first-order chi connectivity index (χ1) is 14.1. The number of rotatable bonds is 13. The summed E-state index contributed by atoms with van der Waals surface area (Å²) in [5, 5.41) is 6.99. The molecule has 0 saturated carbocycles. The Morgan fingerprint density at radius 3 is 2.55 bits per heavy atom. The molecular weight excluding hydrogens is 366 g/mol. The molecule has 2 saturated heterocycles. The van der Waals surface area contributed by atoms with Crippen LogP contribution in [0.3, 0.4) is 0 Å². The zero-order valence-corrected chi connectivity index (χ0v) is 19.4. The number of nitrogens with two attached hydrogens (primary N) is 1. The van der Waals surface area contributed by atoms with E-state index in [0.29, 0.717) is 6.04 Å². The summed E-state index contributed by atoms with van der Waals surface area (Å²) in [5.41, 5.74) is 5.80. The smallest absolute Gasteiger partial charge is 0.121 e. The van der Waals surface area contributed by atoms with Crippen LogP contribution in [-0.2, 0) is 4.74 Å². The maximum absolute atomic E-state index is 6.65. The van der Waals surface area contributed by atoms with Gasteiger partial charge in [-0.1, -0.05) is 13.8 Å². The molecule has 2 rings (SSSR count). The van der Waals surface area contributed by atoms with Crippen molar-refractivity contribution in [2.75, 3.05) is 99.2 Å². The molecule has 2 heterocycles. The van der Waals surface area contributed by atoms with Gasteiger partial charge in [0.25, 0.3) is 0 Å². The number of hydrogen-bond donors (Lipinski definition) is 3. The Hall–Kier alpha value is -0.320. The number of morpholine rings is 1. The zero-order chi connectivity index (χ0) is 21.1. The van der Waals surface area contributed by atoms with E-state index >= 15 is 0 Å². The van der Waals surface area contributed by atoms with Crippen LogP contribution in [0.15, 0.2) is 0 Å². The average Bonchev–Trinajstić information content (AvgIpc) is 2.74. The molecule has 0 radical (unpaired) electrons. The van der Waals surface area contributed by atoms with E-state index in [1.54, 1.807) is 0 Å². The number of ether oxygens (including phenoxy) is 1. The number of hydrogen-bond acceptors (Lipinski definition) is 8. The Morgan fingerprint density at radius 2 is 1.86 bits per heavy atom. The SMILES string of the molecule is CCN(CC)CCNC1CN(CCNC)CC(C2CN(C)CCN2CCCN)O1. The summed E-state index contributed by atoms with van der Waals surface area (Å²) in [7, 11) is 4.26. The molecule has 8 heteroatoms. The van der Waals surface area contributed by atoms with E-state index in [4.69, 9.17) is 10.5 Å². The highest BCUT2D eigenvalue weighted by atomic mass is 16.5. The predicted molar refractivity (Wildman–Crippen MR) is 121 cm³/mol. The summed E-state index contributed by atoms with van der Waals surface area (Å²) in [4.78, 5) is 10.1. The van der Waals surface area contributed by atoms with Crippen LogP contribution >= 0.6 is 0 Å². The van der Waals surface area contributed by atoms with Gasteiger partial charge in [0.2, 0.25) is 0 Å².